The third kappa shape index (κ3) is 4.85. The van der Waals surface area contributed by atoms with Gasteiger partial charge in [0.15, 0.2) is 0 Å². The molecule has 5 heteroatoms. The van der Waals surface area contributed by atoms with Gasteiger partial charge >= 0.3 is 0 Å². The van der Waals surface area contributed by atoms with E-state index in [9.17, 15) is 8.78 Å². The number of hydrogen-bond acceptors (Lipinski definition) is 3. The lowest BCUT2D eigenvalue weighted by atomic mass is 9.97. The lowest BCUT2D eigenvalue weighted by Gasteiger charge is -2.31. The van der Waals surface area contributed by atoms with Crippen LogP contribution in [0.1, 0.15) is 36.1 Å². The van der Waals surface area contributed by atoms with Crippen molar-refractivity contribution in [3.05, 3.63) is 64.7 Å². The molecule has 0 aliphatic carbocycles. The number of rotatable bonds is 7. The van der Waals surface area contributed by atoms with Crippen molar-refractivity contribution in [2.45, 2.75) is 32.3 Å². The predicted octanol–water partition coefficient (Wildman–Crippen LogP) is 4.26. The van der Waals surface area contributed by atoms with E-state index in [2.05, 4.69) is 35.3 Å². The Kier molecular flexibility index (Phi) is 6.80. The summed E-state index contributed by atoms with van der Waals surface area (Å²) in [5.41, 5.74) is 4.23. The van der Waals surface area contributed by atoms with Gasteiger partial charge in [0.25, 0.3) is 0 Å². The Bertz CT molecular complexity index is 760. The molecular weight excluding hydrogens is 346 g/mol. The molecule has 27 heavy (non-hydrogen) atoms. The minimum Gasteiger partial charge on any atom is -0.377 e. The number of nitrogens with one attached hydrogen (secondary N) is 1. The quantitative estimate of drug-likeness (QED) is 0.784. The maximum absolute atomic E-state index is 13.9. The molecule has 3 rings (SSSR count). The van der Waals surface area contributed by atoms with Crippen LogP contribution in [-0.2, 0) is 17.6 Å². The van der Waals surface area contributed by atoms with Crippen LogP contribution >= 0.6 is 0 Å². The molecule has 1 saturated heterocycles. The van der Waals surface area contributed by atoms with Crippen LogP contribution in [0.25, 0.3) is 0 Å². The third-order valence-corrected chi connectivity index (χ3v) is 5.29. The summed E-state index contributed by atoms with van der Waals surface area (Å²) in [5.74, 6) is -1.04. The molecule has 1 atom stereocenters. The van der Waals surface area contributed by atoms with Gasteiger partial charge in [-0.1, -0.05) is 25.1 Å². The zero-order chi connectivity index (χ0) is 19.2. The van der Waals surface area contributed by atoms with Crippen LogP contribution in [0.4, 0.5) is 14.5 Å². The Morgan fingerprint density at radius 1 is 1.07 bits per heavy atom. The maximum atomic E-state index is 13.9. The maximum Gasteiger partial charge on any atom is 0.129 e. The second-order valence-corrected chi connectivity index (χ2v) is 6.98. The molecule has 1 aliphatic heterocycles. The van der Waals surface area contributed by atoms with Gasteiger partial charge in [-0.2, -0.15) is 0 Å². The third-order valence-electron chi connectivity index (χ3n) is 5.29. The summed E-state index contributed by atoms with van der Waals surface area (Å²) in [7, 11) is 1.68. The van der Waals surface area contributed by atoms with Crippen LogP contribution in [0, 0.1) is 11.6 Å². The van der Waals surface area contributed by atoms with Crippen molar-refractivity contribution in [2.24, 2.45) is 0 Å². The first kappa shape index (κ1) is 19.8. The van der Waals surface area contributed by atoms with Crippen molar-refractivity contribution < 1.29 is 13.5 Å². The lowest BCUT2D eigenvalue weighted by Crippen LogP contribution is -2.43. The van der Waals surface area contributed by atoms with Crippen LogP contribution in [-0.4, -0.2) is 33.3 Å². The van der Waals surface area contributed by atoms with Gasteiger partial charge in [0.1, 0.15) is 11.6 Å². The van der Waals surface area contributed by atoms with Crippen molar-refractivity contribution in [3.8, 4) is 0 Å². The van der Waals surface area contributed by atoms with E-state index >= 15 is 0 Å². The molecule has 0 bridgehead atoms. The Morgan fingerprint density at radius 2 is 1.85 bits per heavy atom. The van der Waals surface area contributed by atoms with Gasteiger partial charge in [0, 0.05) is 45.0 Å². The molecule has 1 fully saturated rings. The van der Waals surface area contributed by atoms with Gasteiger partial charge in [0.05, 0.1) is 6.10 Å². The first-order valence-corrected chi connectivity index (χ1v) is 9.67. The van der Waals surface area contributed by atoms with Crippen LogP contribution in [0.2, 0.25) is 0 Å². The number of halogens is 2. The van der Waals surface area contributed by atoms with Crippen LogP contribution in [0.3, 0.4) is 0 Å². The van der Waals surface area contributed by atoms with Crippen molar-refractivity contribution >= 4 is 5.69 Å². The fraction of sp³-hybridized carbons (Fsp3) is 0.455. The van der Waals surface area contributed by atoms with Crippen molar-refractivity contribution in [2.75, 3.05) is 38.2 Å². The molecule has 146 valence electrons. The number of anilines is 1. The number of piperazine rings is 1. The van der Waals surface area contributed by atoms with Gasteiger partial charge in [-0.05, 0) is 48.1 Å². The highest BCUT2D eigenvalue weighted by Gasteiger charge is 2.17. The molecule has 2 aromatic carbocycles. The number of nitrogens with zero attached hydrogens (tertiary/aromatic N) is 1. The number of benzene rings is 2. The Morgan fingerprint density at radius 3 is 2.52 bits per heavy atom. The summed E-state index contributed by atoms with van der Waals surface area (Å²) >= 11 is 0. The predicted molar refractivity (Wildman–Crippen MR) is 105 cm³/mol. The van der Waals surface area contributed by atoms with Gasteiger partial charge in [0.2, 0.25) is 0 Å². The van der Waals surface area contributed by atoms with E-state index in [1.165, 1.54) is 23.4 Å². The zero-order valence-corrected chi connectivity index (χ0v) is 16.1. The van der Waals surface area contributed by atoms with Gasteiger partial charge < -0.3 is 15.0 Å². The van der Waals surface area contributed by atoms with Crippen molar-refractivity contribution in [3.63, 3.8) is 0 Å². The molecule has 1 heterocycles. The SMILES string of the molecule is CCc1cc(C(CCc2ccc(F)cc2F)OC)ccc1N1CCNCC1. The molecule has 1 unspecified atom stereocenters. The zero-order valence-electron chi connectivity index (χ0n) is 16.1. The summed E-state index contributed by atoms with van der Waals surface area (Å²) in [6.07, 6.45) is 1.99. The Balaban J connectivity index is 1.74. The average molecular weight is 374 g/mol. The average Bonchev–Trinajstić information content (AvgIpc) is 2.70. The smallest absolute Gasteiger partial charge is 0.129 e. The molecule has 1 N–H and O–H groups in total. The van der Waals surface area contributed by atoms with E-state index in [1.807, 2.05) is 0 Å². The molecule has 0 amide bonds. The summed E-state index contributed by atoms with van der Waals surface area (Å²) in [5, 5.41) is 3.39. The van der Waals surface area contributed by atoms with Crippen molar-refractivity contribution in [1.82, 2.24) is 5.32 Å². The Labute approximate surface area is 160 Å². The molecule has 0 saturated carbocycles. The highest BCUT2D eigenvalue weighted by Crippen LogP contribution is 2.29. The van der Waals surface area contributed by atoms with Gasteiger partial charge in [-0.25, -0.2) is 8.78 Å². The fourth-order valence-electron chi connectivity index (χ4n) is 3.73. The first-order chi connectivity index (χ1) is 13.1. The minimum atomic E-state index is -0.546. The van der Waals surface area contributed by atoms with Crippen LogP contribution < -0.4 is 10.2 Å². The molecule has 0 radical (unpaired) electrons. The number of aryl methyl sites for hydroxylation is 2. The highest BCUT2D eigenvalue weighted by atomic mass is 19.1. The largest absolute Gasteiger partial charge is 0.377 e. The summed E-state index contributed by atoms with van der Waals surface area (Å²) < 4.78 is 32.7. The standard InChI is InChI=1S/C22H28F2N2O/c1-3-16-14-18(5-8-21(16)26-12-10-25-11-13-26)22(27-2)9-6-17-4-7-19(23)15-20(17)24/h4-5,7-8,14-15,22,25H,3,6,9-13H2,1-2H3. The van der Waals surface area contributed by atoms with E-state index in [4.69, 9.17) is 4.74 Å². The molecule has 0 spiro atoms. The van der Waals surface area contributed by atoms with Crippen LogP contribution in [0.5, 0.6) is 0 Å². The van der Waals surface area contributed by atoms with E-state index in [-0.39, 0.29) is 6.10 Å². The second kappa shape index (κ2) is 9.29. The molecule has 0 aromatic heterocycles. The summed E-state index contributed by atoms with van der Waals surface area (Å²) in [4.78, 5) is 2.43. The first-order valence-electron chi connectivity index (χ1n) is 9.67. The molecule has 2 aromatic rings. The number of ether oxygens (including phenoxy) is 1. The Hall–Kier alpha value is -1.98. The normalized spacial score (nSPS) is 15.8. The molecule has 3 nitrogen and oxygen atoms in total. The van der Waals surface area contributed by atoms with Crippen molar-refractivity contribution in [1.29, 1.82) is 0 Å². The lowest BCUT2D eigenvalue weighted by molar-refractivity contribution is 0.0957. The topological polar surface area (TPSA) is 24.5 Å². The van der Waals surface area contributed by atoms with E-state index in [0.717, 1.165) is 44.2 Å². The van der Waals surface area contributed by atoms with Gasteiger partial charge in [-0.15, -0.1) is 0 Å². The molecule has 1 aliphatic rings. The van der Waals surface area contributed by atoms with E-state index in [0.29, 0.717) is 18.4 Å². The number of hydrogen-bond donors (Lipinski definition) is 1. The number of methoxy groups -OCH3 is 1. The molecular formula is C22H28F2N2O. The minimum absolute atomic E-state index is 0.114. The van der Waals surface area contributed by atoms with Crippen LogP contribution in [0.15, 0.2) is 36.4 Å². The summed E-state index contributed by atoms with van der Waals surface area (Å²) in [6.45, 7) is 6.22. The highest BCUT2D eigenvalue weighted by molar-refractivity contribution is 5.56. The second-order valence-electron chi connectivity index (χ2n) is 6.98. The van der Waals surface area contributed by atoms with E-state index in [1.54, 1.807) is 7.11 Å². The fourth-order valence-corrected chi connectivity index (χ4v) is 3.73. The van der Waals surface area contributed by atoms with Gasteiger partial charge in [-0.3, -0.25) is 0 Å². The monoisotopic (exact) mass is 374 g/mol. The van der Waals surface area contributed by atoms with E-state index < -0.39 is 11.6 Å². The summed E-state index contributed by atoms with van der Waals surface area (Å²) in [6, 6.07) is 10.3.